The molecule has 0 saturated carbocycles. The van der Waals surface area contributed by atoms with E-state index < -0.39 is 11.8 Å². The molecule has 154 valence electrons. The lowest BCUT2D eigenvalue weighted by molar-refractivity contribution is -0.144. The Hall–Kier alpha value is -3.87. The Morgan fingerprint density at radius 2 is 1.57 bits per heavy atom. The number of benzene rings is 3. The summed E-state index contributed by atoms with van der Waals surface area (Å²) in [5.41, 5.74) is 2.02. The van der Waals surface area contributed by atoms with E-state index in [0.29, 0.717) is 17.0 Å². The lowest BCUT2D eigenvalue weighted by atomic mass is 10.1. The zero-order valence-corrected chi connectivity index (χ0v) is 16.4. The van der Waals surface area contributed by atoms with Crippen LogP contribution in [0.5, 0.6) is 5.75 Å². The number of methoxy groups -OCH3 is 1. The van der Waals surface area contributed by atoms with Gasteiger partial charge in [0.05, 0.1) is 24.9 Å². The molecule has 3 rings (SSSR count). The second-order valence-electron chi connectivity index (χ2n) is 6.42. The Morgan fingerprint density at radius 1 is 0.867 bits per heavy atom. The van der Waals surface area contributed by atoms with Gasteiger partial charge in [-0.1, -0.05) is 48.5 Å². The normalized spacial score (nSPS) is 10.2. The third-order valence-electron chi connectivity index (χ3n) is 4.23. The summed E-state index contributed by atoms with van der Waals surface area (Å²) in [6.45, 7) is 0.201. The number of amides is 2. The van der Waals surface area contributed by atoms with Crippen molar-refractivity contribution >= 4 is 23.4 Å². The molecule has 0 unspecified atom stereocenters. The first-order chi connectivity index (χ1) is 14.5. The Labute approximate surface area is 173 Å². The highest BCUT2D eigenvalue weighted by atomic mass is 19.1. The van der Waals surface area contributed by atoms with Gasteiger partial charge in [-0.3, -0.25) is 4.79 Å². The number of rotatable bonds is 7. The number of halogens is 1. The average molecular weight is 408 g/mol. The minimum absolute atomic E-state index is 0.0604. The van der Waals surface area contributed by atoms with Crippen LogP contribution in [0.4, 0.5) is 20.6 Å². The Kier molecular flexibility index (Phi) is 7.00. The summed E-state index contributed by atoms with van der Waals surface area (Å²) >= 11 is 0. The molecule has 0 aromatic heterocycles. The van der Waals surface area contributed by atoms with Crippen LogP contribution in [0, 0.1) is 5.82 Å². The summed E-state index contributed by atoms with van der Waals surface area (Å²) in [5, 5.41) is 5.04. The summed E-state index contributed by atoms with van der Waals surface area (Å²) in [6.07, 6.45) is 0.0604. The number of carbonyl (C=O) groups excluding carboxylic acids is 2. The highest BCUT2D eigenvalue weighted by Gasteiger charge is 2.12. The van der Waals surface area contributed by atoms with Crippen molar-refractivity contribution < 1.29 is 23.5 Å². The average Bonchev–Trinajstić information content (AvgIpc) is 2.75. The van der Waals surface area contributed by atoms with Gasteiger partial charge in [0.25, 0.3) is 0 Å². The number of hydrogen-bond acceptors (Lipinski definition) is 4. The fourth-order valence-electron chi connectivity index (χ4n) is 2.74. The predicted molar refractivity (Wildman–Crippen MR) is 112 cm³/mol. The summed E-state index contributed by atoms with van der Waals surface area (Å²) in [7, 11) is 1.45. The minimum atomic E-state index is -0.617. The van der Waals surface area contributed by atoms with Crippen molar-refractivity contribution in [1.29, 1.82) is 0 Å². The van der Waals surface area contributed by atoms with Crippen LogP contribution in [-0.4, -0.2) is 19.1 Å². The van der Waals surface area contributed by atoms with Gasteiger partial charge in [-0.05, 0) is 35.4 Å². The number of para-hydroxylation sites is 1. The number of esters is 1. The van der Waals surface area contributed by atoms with Crippen molar-refractivity contribution in [2.24, 2.45) is 0 Å². The minimum Gasteiger partial charge on any atom is -0.495 e. The van der Waals surface area contributed by atoms with Crippen LogP contribution in [0.15, 0.2) is 72.8 Å². The second kappa shape index (κ2) is 10.1. The molecular weight excluding hydrogens is 387 g/mol. The van der Waals surface area contributed by atoms with E-state index in [0.717, 1.165) is 5.56 Å². The number of hydrogen-bond donors (Lipinski definition) is 2. The molecule has 0 radical (unpaired) electrons. The standard InChI is InChI=1S/C23H21FN2O4/c1-29-21-13-17(14-22(27)30-15-16-7-3-2-4-8-16)11-12-20(21)26-23(28)25-19-10-6-5-9-18(19)24/h2-13H,14-15H2,1H3,(H2,25,26,28). The molecule has 3 aromatic carbocycles. The van der Waals surface area contributed by atoms with E-state index in [1.807, 2.05) is 30.3 Å². The van der Waals surface area contributed by atoms with Crippen LogP contribution < -0.4 is 15.4 Å². The van der Waals surface area contributed by atoms with Crippen molar-refractivity contribution in [2.45, 2.75) is 13.0 Å². The van der Waals surface area contributed by atoms with E-state index in [2.05, 4.69) is 10.6 Å². The van der Waals surface area contributed by atoms with Crippen LogP contribution in [-0.2, 0) is 22.6 Å². The van der Waals surface area contributed by atoms with Crippen molar-refractivity contribution in [2.75, 3.05) is 17.7 Å². The molecule has 0 spiro atoms. The lowest BCUT2D eigenvalue weighted by Crippen LogP contribution is -2.20. The number of ether oxygens (including phenoxy) is 2. The van der Waals surface area contributed by atoms with E-state index in [1.165, 1.54) is 25.3 Å². The van der Waals surface area contributed by atoms with Gasteiger partial charge in [-0.15, -0.1) is 0 Å². The Balaban J connectivity index is 1.59. The molecule has 0 aliphatic heterocycles. The molecule has 6 nitrogen and oxygen atoms in total. The Bertz CT molecular complexity index is 1020. The van der Waals surface area contributed by atoms with E-state index in [-0.39, 0.29) is 24.7 Å². The van der Waals surface area contributed by atoms with Crippen molar-refractivity contribution in [3.05, 3.63) is 89.7 Å². The van der Waals surface area contributed by atoms with E-state index in [9.17, 15) is 14.0 Å². The van der Waals surface area contributed by atoms with Gasteiger partial charge in [0.2, 0.25) is 0 Å². The third-order valence-corrected chi connectivity index (χ3v) is 4.23. The van der Waals surface area contributed by atoms with Gasteiger partial charge in [0.15, 0.2) is 0 Å². The Morgan fingerprint density at radius 3 is 2.30 bits per heavy atom. The third kappa shape index (κ3) is 5.81. The first-order valence-electron chi connectivity index (χ1n) is 9.24. The largest absolute Gasteiger partial charge is 0.495 e. The molecule has 0 aliphatic carbocycles. The van der Waals surface area contributed by atoms with Crippen molar-refractivity contribution in [3.63, 3.8) is 0 Å². The smallest absolute Gasteiger partial charge is 0.323 e. The first kappa shape index (κ1) is 20.9. The van der Waals surface area contributed by atoms with Crippen LogP contribution >= 0.6 is 0 Å². The van der Waals surface area contributed by atoms with Crippen LogP contribution in [0.3, 0.4) is 0 Å². The number of nitrogens with one attached hydrogen (secondary N) is 2. The van der Waals surface area contributed by atoms with Gasteiger partial charge in [-0.2, -0.15) is 0 Å². The molecule has 2 N–H and O–H groups in total. The molecule has 0 atom stereocenters. The van der Waals surface area contributed by atoms with Gasteiger partial charge in [-0.25, -0.2) is 9.18 Å². The number of carbonyl (C=O) groups is 2. The maximum absolute atomic E-state index is 13.7. The molecule has 0 heterocycles. The van der Waals surface area contributed by atoms with Crippen molar-refractivity contribution in [3.8, 4) is 5.75 Å². The SMILES string of the molecule is COc1cc(CC(=O)OCc2ccccc2)ccc1NC(=O)Nc1ccccc1F. The molecule has 7 heteroatoms. The zero-order valence-electron chi connectivity index (χ0n) is 16.4. The highest BCUT2D eigenvalue weighted by Crippen LogP contribution is 2.26. The van der Waals surface area contributed by atoms with Crippen molar-refractivity contribution in [1.82, 2.24) is 0 Å². The van der Waals surface area contributed by atoms with Gasteiger partial charge in [0, 0.05) is 0 Å². The lowest BCUT2D eigenvalue weighted by Gasteiger charge is -2.13. The molecule has 3 aromatic rings. The highest BCUT2D eigenvalue weighted by molar-refractivity contribution is 6.00. The van der Waals surface area contributed by atoms with Gasteiger partial charge < -0.3 is 20.1 Å². The number of anilines is 2. The molecular formula is C23H21FN2O4. The van der Waals surface area contributed by atoms with Gasteiger partial charge in [0.1, 0.15) is 18.2 Å². The van der Waals surface area contributed by atoms with E-state index in [1.54, 1.807) is 24.3 Å². The monoisotopic (exact) mass is 408 g/mol. The van der Waals surface area contributed by atoms with Crippen LogP contribution in [0.25, 0.3) is 0 Å². The van der Waals surface area contributed by atoms with E-state index in [4.69, 9.17) is 9.47 Å². The first-order valence-corrected chi connectivity index (χ1v) is 9.24. The molecule has 0 bridgehead atoms. The molecule has 30 heavy (non-hydrogen) atoms. The molecule has 2 amide bonds. The summed E-state index contributed by atoms with van der Waals surface area (Å²) in [4.78, 5) is 24.3. The fourth-order valence-corrected chi connectivity index (χ4v) is 2.74. The topological polar surface area (TPSA) is 76.7 Å². The fraction of sp³-hybridized carbons (Fsp3) is 0.130. The molecule has 0 saturated heterocycles. The molecule has 0 aliphatic rings. The summed E-state index contributed by atoms with van der Waals surface area (Å²) in [5.74, 6) is -0.546. The number of urea groups is 1. The molecule has 0 fully saturated rings. The quantitative estimate of drug-likeness (QED) is 0.553. The maximum Gasteiger partial charge on any atom is 0.323 e. The second-order valence-corrected chi connectivity index (χ2v) is 6.42. The summed E-state index contributed by atoms with van der Waals surface area (Å²) in [6, 6.07) is 19.6. The van der Waals surface area contributed by atoms with Gasteiger partial charge >= 0.3 is 12.0 Å². The zero-order chi connectivity index (χ0) is 21.3. The maximum atomic E-state index is 13.7. The summed E-state index contributed by atoms with van der Waals surface area (Å²) < 4.78 is 24.3. The van der Waals surface area contributed by atoms with Crippen LogP contribution in [0.2, 0.25) is 0 Å². The predicted octanol–water partition coefficient (Wildman–Crippen LogP) is 4.76. The van der Waals surface area contributed by atoms with Crippen LogP contribution in [0.1, 0.15) is 11.1 Å². The van der Waals surface area contributed by atoms with E-state index >= 15 is 0 Å².